The molecule has 18 heavy (non-hydrogen) atoms. The molecule has 0 amide bonds. The Bertz CT molecular complexity index is 408. The summed E-state index contributed by atoms with van der Waals surface area (Å²) < 4.78 is 53.9. The topological polar surface area (TPSA) is 76.2 Å². The molecule has 1 aromatic rings. The van der Waals surface area contributed by atoms with Gasteiger partial charge in [0.25, 0.3) is 5.89 Å². The van der Waals surface area contributed by atoms with Crippen LogP contribution in [0.4, 0.5) is 17.6 Å². The Morgan fingerprint density at radius 1 is 1.33 bits per heavy atom. The van der Waals surface area contributed by atoms with E-state index < -0.39 is 24.2 Å². The van der Waals surface area contributed by atoms with Gasteiger partial charge in [0.1, 0.15) is 0 Å². The fraction of sp³-hybridized carbons (Fsp3) is 0.667. The second-order valence-electron chi connectivity index (χ2n) is 3.53. The number of aromatic nitrogens is 2. The molecule has 0 aliphatic carbocycles. The molecule has 0 unspecified atom stereocenters. The van der Waals surface area contributed by atoms with Gasteiger partial charge in [-0.25, -0.2) is 8.78 Å². The van der Waals surface area contributed by atoms with Crippen molar-refractivity contribution in [2.75, 3.05) is 0 Å². The van der Waals surface area contributed by atoms with E-state index >= 15 is 0 Å². The van der Waals surface area contributed by atoms with E-state index in [9.17, 15) is 22.4 Å². The molecular formula is C9H10F4N2O3. The summed E-state index contributed by atoms with van der Waals surface area (Å²) in [6, 6.07) is 0. The van der Waals surface area contributed by atoms with Gasteiger partial charge >= 0.3 is 18.3 Å². The molecule has 1 rings (SSSR count). The molecule has 0 saturated heterocycles. The van der Waals surface area contributed by atoms with Gasteiger partial charge in [0, 0.05) is 12.8 Å². The lowest BCUT2D eigenvalue weighted by Crippen LogP contribution is -2.23. The largest absolute Gasteiger partial charge is 0.481 e. The Balaban J connectivity index is 2.51. The predicted octanol–water partition coefficient (Wildman–Crippen LogP) is 2.22. The summed E-state index contributed by atoms with van der Waals surface area (Å²) in [7, 11) is 0. The zero-order chi connectivity index (χ0) is 13.8. The molecule has 0 aromatic carbocycles. The van der Waals surface area contributed by atoms with E-state index in [1.165, 1.54) is 0 Å². The number of hydrogen-bond donors (Lipinski definition) is 1. The average molecular weight is 270 g/mol. The van der Waals surface area contributed by atoms with Crippen molar-refractivity contribution in [3.05, 3.63) is 11.8 Å². The number of unbranched alkanes of at least 4 members (excludes halogenated alkanes) is 1. The van der Waals surface area contributed by atoms with Crippen LogP contribution in [-0.2, 0) is 17.1 Å². The standard InChI is InChI=1S/C9H10F4N2O3/c10-7(11)9(12,13)8-15-14-5(18-8)3-1-2-4-6(16)17/h7H,1-4H2,(H,16,17). The van der Waals surface area contributed by atoms with E-state index in [-0.39, 0.29) is 18.7 Å². The summed E-state index contributed by atoms with van der Waals surface area (Å²) in [5.41, 5.74) is 0. The van der Waals surface area contributed by atoms with Crippen LogP contribution in [0.5, 0.6) is 0 Å². The Morgan fingerprint density at radius 2 is 2.00 bits per heavy atom. The molecule has 0 fully saturated rings. The molecular weight excluding hydrogens is 260 g/mol. The summed E-state index contributed by atoms with van der Waals surface area (Å²) >= 11 is 0. The van der Waals surface area contributed by atoms with Crippen LogP contribution in [0.1, 0.15) is 31.0 Å². The molecule has 0 spiro atoms. The summed E-state index contributed by atoms with van der Waals surface area (Å²) in [4.78, 5) is 10.2. The van der Waals surface area contributed by atoms with Gasteiger partial charge < -0.3 is 9.52 Å². The van der Waals surface area contributed by atoms with Crippen LogP contribution in [0, 0.1) is 0 Å². The maximum absolute atomic E-state index is 12.8. The van der Waals surface area contributed by atoms with E-state index in [1.807, 2.05) is 0 Å². The summed E-state index contributed by atoms with van der Waals surface area (Å²) in [5.74, 6) is -7.08. The smallest absolute Gasteiger partial charge is 0.382 e. The molecule has 0 radical (unpaired) electrons. The Hall–Kier alpha value is -1.67. The molecule has 0 aliphatic heterocycles. The van der Waals surface area contributed by atoms with Crippen molar-refractivity contribution in [1.82, 2.24) is 10.2 Å². The van der Waals surface area contributed by atoms with E-state index in [0.717, 1.165) is 0 Å². The zero-order valence-corrected chi connectivity index (χ0v) is 9.08. The summed E-state index contributed by atoms with van der Waals surface area (Å²) in [6.45, 7) is 0. The lowest BCUT2D eigenvalue weighted by Gasteiger charge is -2.09. The van der Waals surface area contributed by atoms with Crippen molar-refractivity contribution in [2.24, 2.45) is 0 Å². The quantitative estimate of drug-likeness (QED) is 0.607. The highest BCUT2D eigenvalue weighted by Crippen LogP contribution is 2.33. The summed E-state index contributed by atoms with van der Waals surface area (Å²) in [6.07, 6.45) is -3.29. The van der Waals surface area contributed by atoms with Gasteiger partial charge in [-0.2, -0.15) is 8.78 Å². The first-order valence-electron chi connectivity index (χ1n) is 5.04. The minimum absolute atomic E-state index is 0.0690. The lowest BCUT2D eigenvalue weighted by molar-refractivity contribution is -0.151. The maximum atomic E-state index is 12.8. The van der Waals surface area contributed by atoms with Gasteiger partial charge in [-0.15, -0.1) is 10.2 Å². The number of aliphatic carboxylic acids is 1. The molecule has 0 aliphatic rings. The Morgan fingerprint density at radius 3 is 2.56 bits per heavy atom. The van der Waals surface area contributed by atoms with Crippen molar-refractivity contribution in [3.8, 4) is 0 Å². The first-order valence-corrected chi connectivity index (χ1v) is 5.04. The Kier molecular flexibility index (Phi) is 4.62. The third-order valence-electron chi connectivity index (χ3n) is 2.06. The van der Waals surface area contributed by atoms with Crippen LogP contribution in [0.15, 0.2) is 4.42 Å². The third kappa shape index (κ3) is 3.67. The average Bonchev–Trinajstić information content (AvgIpc) is 2.73. The van der Waals surface area contributed by atoms with Gasteiger partial charge in [0.2, 0.25) is 5.89 Å². The van der Waals surface area contributed by atoms with Crippen LogP contribution in [0.25, 0.3) is 0 Å². The highest BCUT2D eigenvalue weighted by Gasteiger charge is 2.48. The maximum Gasteiger partial charge on any atom is 0.382 e. The first-order chi connectivity index (χ1) is 8.34. The SMILES string of the molecule is O=C(O)CCCCc1nnc(C(F)(F)C(F)F)o1. The highest BCUT2D eigenvalue weighted by atomic mass is 19.3. The lowest BCUT2D eigenvalue weighted by atomic mass is 10.2. The van der Waals surface area contributed by atoms with Crippen molar-refractivity contribution in [1.29, 1.82) is 0 Å². The molecule has 9 heteroatoms. The van der Waals surface area contributed by atoms with Crippen molar-refractivity contribution >= 4 is 5.97 Å². The zero-order valence-electron chi connectivity index (χ0n) is 9.08. The number of carboxylic acid groups (broad SMARTS) is 1. The van der Waals surface area contributed by atoms with Crippen molar-refractivity contribution in [2.45, 2.75) is 38.0 Å². The number of nitrogens with zero attached hydrogens (tertiary/aromatic N) is 2. The molecule has 1 aromatic heterocycles. The van der Waals surface area contributed by atoms with Crippen LogP contribution in [0.3, 0.4) is 0 Å². The third-order valence-corrected chi connectivity index (χ3v) is 2.06. The minimum atomic E-state index is -4.47. The minimum Gasteiger partial charge on any atom is -0.481 e. The number of halogens is 4. The highest BCUT2D eigenvalue weighted by molar-refractivity contribution is 5.66. The normalized spacial score (nSPS) is 12.1. The van der Waals surface area contributed by atoms with Crippen molar-refractivity contribution < 1.29 is 31.9 Å². The number of aryl methyl sites for hydroxylation is 1. The predicted molar refractivity (Wildman–Crippen MR) is 49.4 cm³/mol. The number of carbonyl (C=O) groups is 1. The second kappa shape index (κ2) is 5.78. The van der Waals surface area contributed by atoms with Gasteiger partial charge in [-0.05, 0) is 12.8 Å². The van der Waals surface area contributed by atoms with Crippen LogP contribution >= 0.6 is 0 Å². The number of hydrogen-bond acceptors (Lipinski definition) is 4. The van der Waals surface area contributed by atoms with E-state index in [0.29, 0.717) is 12.8 Å². The molecule has 0 bridgehead atoms. The molecule has 102 valence electrons. The number of alkyl halides is 4. The molecule has 5 nitrogen and oxygen atoms in total. The van der Waals surface area contributed by atoms with Gasteiger partial charge in [0.05, 0.1) is 0 Å². The van der Waals surface area contributed by atoms with Gasteiger partial charge in [-0.1, -0.05) is 0 Å². The van der Waals surface area contributed by atoms with Crippen molar-refractivity contribution in [3.63, 3.8) is 0 Å². The van der Waals surface area contributed by atoms with E-state index in [2.05, 4.69) is 14.6 Å². The Labute approximate surface area is 98.8 Å². The molecule has 1 heterocycles. The first kappa shape index (κ1) is 14.4. The molecule has 1 N–H and O–H groups in total. The van der Waals surface area contributed by atoms with E-state index in [4.69, 9.17) is 5.11 Å². The summed E-state index contributed by atoms with van der Waals surface area (Å²) in [5, 5.41) is 14.4. The number of rotatable bonds is 7. The molecule has 0 saturated carbocycles. The second-order valence-corrected chi connectivity index (χ2v) is 3.53. The van der Waals surface area contributed by atoms with E-state index in [1.54, 1.807) is 0 Å². The fourth-order valence-electron chi connectivity index (χ4n) is 1.14. The van der Waals surface area contributed by atoms with Crippen LogP contribution in [-0.4, -0.2) is 27.7 Å². The van der Waals surface area contributed by atoms with Crippen LogP contribution in [0.2, 0.25) is 0 Å². The van der Waals surface area contributed by atoms with Gasteiger partial charge in [0.15, 0.2) is 0 Å². The van der Waals surface area contributed by atoms with Crippen LogP contribution < -0.4 is 0 Å². The monoisotopic (exact) mass is 270 g/mol. The fourth-order valence-corrected chi connectivity index (χ4v) is 1.14. The molecule has 0 atom stereocenters. The number of carboxylic acids is 1. The van der Waals surface area contributed by atoms with Gasteiger partial charge in [-0.3, -0.25) is 4.79 Å².